The number of halogens is 1. The summed E-state index contributed by atoms with van der Waals surface area (Å²) in [6.45, 7) is 5.99. The van der Waals surface area contributed by atoms with Gasteiger partial charge in [-0.05, 0) is 67.9 Å². The monoisotopic (exact) mass is 394 g/mol. The molecule has 0 bridgehead atoms. The molecular formula is C24H27ClN2O. The Bertz CT molecular complexity index is 847. The maximum Gasteiger partial charge on any atom is 0.229 e. The van der Waals surface area contributed by atoms with Crippen molar-refractivity contribution in [2.24, 2.45) is 11.3 Å². The van der Waals surface area contributed by atoms with E-state index in [-0.39, 0.29) is 18.0 Å². The van der Waals surface area contributed by atoms with Crippen LogP contribution in [0.3, 0.4) is 0 Å². The first-order valence-corrected chi connectivity index (χ1v) is 10.5. The van der Waals surface area contributed by atoms with Crippen molar-refractivity contribution >= 4 is 17.5 Å². The van der Waals surface area contributed by atoms with Gasteiger partial charge in [0.2, 0.25) is 5.91 Å². The van der Waals surface area contributed by atoms with E-state index in [0.29, 0.717) is 12.3 Å². The first-order chi connectivity index (χ1) is 13.5. The van der Waals surface area contributed by atoms with Crippen LogP contribution in [-0.2, 0) is 4.79 Å². The highest BCUT2D eigenvalue weighted by Crippen LogP contribution is 2.52. The number of hydrogen-bond acceptors (Lipinski definition) is 2. The molecule has 3 unspecified atom stereocenters. The average molecular weight is 395 g/mol. The van der Waals surface area contributed by atoms with Gasteiger partial charge in [-0.1, -0.05) is 42.8 Å². The van der Waals surface area contributed by atoms with Gasteiger partial charge in [0.1, 0.15) is 0 Å². The van der Waals surface area contributed by atoms with Crippen LogP contribution in [0.15, 0.2) is 61.3 Å². The van der Waals surface area contributed by atoms with E-state index in [2.05, 4.69) is 41.6 Å². The average Bonchev–Trinajstić information content (AvgIpc) is 3.53. The molecule has 146 valence electrons. The summed E-state index contributed by atoms with van der Waals surface area (Å²) in [5, 5.41) is 0.720. The van der Waals surface area contributed by atoms with Crippen LogP contribution in [0.2, 0.25) is 5.02 Å². The summed E-state index contributed by atoms with van der Waals surface area (Å²) in [5.41, 5.74) is 1.76. The number of rotatable bonds is 6. The van der Waals surface area contributed by atoms with Gasteiger partial charge in [0.25, 0.3) is 0 Å². The second-order valence-corrected chi connectivity index (χ2v) is 8.85. The fraction of sp³-hybridized carbons (Fsp3) is 0.417. The summed E-state index contributed by atoms with van der Waals surface area (Å²) in [4.78, 5) is 20.7. The Morgan fingerprint density at radius 1 is 1.25 bits per heavy atom. The highest BCUT2D eigenvalue weighted by Gasteiger charge is 2.50. The summed E-state index contributed by atoms with van der Waals surface area (Å²) in [6, 6.07) is 14.1. The molecule has 28 heavy (non-hydrogen) atoms. The highest BCUT2D eigenvalue weighted by molar-refractivity contribution is 6.30. The number of allylic oxidation sites excluding steroid dienone is 1. The van der Waals surface area contributed by atoms with Gasteiger partial charge in [-0.2, -0.15) is 0 Å². The molecule has 2 heterocycles. The van der Waals surface area contributed by atoms with Gasteiger partial charge < -0.3 is 4.90 Å². The quantitative estimate of drug-likeness (QED) is 0.552. The number of aromatic nitrogens is 1. The van der Waals surface area contributed by atoms with E-state index in [9.17, 15) is 4.79 Å². The van der Waals surface area contributed by atoms with Crippen molar-refractivity contribution in [3.63, 3.8) is 0 Å². The molecule has 0 spiro atoms. The second-order valence-electron chi connectivity index (χ2n) is 8.41. The van der Waals surface area contributed by atoms with Crippen LogP contribution in [0.4, 0.5) is 0 Å². The Morgan fingerprint density at radius 2 is 2.00 bits per heavy atom. The molecule has 1 aliphatic heterocycles. The highest BCUT2D eigenvalue weighted by atomic mass is 35.5. The summed E-state index contributed by atoms with van der Waals surface area (Å²) in [5.74, 6) is 0.709. The number of piperidine rings is 1. The molecule has 1 amide bonds. The van der Waals surface area contributed by atoms with Crippen LogP contribution in [0, 0.1) is 11.3 Å². The van der Waals surface area contributed by atoms with E-state index in [0.717, 1.165) is 42.0 Å². The number of amides is 1. The van der Waals surface area contributed by atoms with Crippen LogP contribution in [0.1, 0.15) is 62.4 Å². The van der Waals surface area contributed by atoms with E-state index >= 15 is 0 Å². The van der Waals surface area contributed by atoms with E-state index in [1.165, 1.54) is 0 Å². The Balaban J connectivity index is 1.78. The van der Waals surface area contributed by atoms with Gasteiger partial charge in [0, 0.05) is 11.2 Å². The Hall–Kier alpha value is -2.13. The lowest BCUT2D eigenvalue weighted by Gasteiger charge is -2.48. The lowest BCUT2D eigenvalue weighted by atomic mass is 9.74. The molecular weight excluding hydrogens is 368 g/mol. The van der Waals surface area contributed by atoms with Crippen molar-refractivity contribution in [3.8, 4) is 0 Å². The number of likely N-dealkylation sites (tertiary alicyclic amines) is 1. The zero-order valence-corrected chi connectivity index (χ0v) is 17.1. The number of hydrogen-bond donors (Lipinski definition) is 0. The topological polar surface area (TPSA) is 33.2 Å². The Morgan fingerprint density at radius 3 is 2.61 bits per heavy atom. The first-order valence-electron chi connectivity index (χ1n) is 10.1. The second kappa shape index (κ2) is 7.71. The smallest absolute Gasteiger partial charge is 0.229 e. The summed E-state index contributed by atoms with van der Waals surface area (Å²) >= 11 is 6.12. The molecule has 2 aliphatic rings. The van der Waals surface area contributed by atoms with Crippen LogP contribution in [0.5, 0.6) is 0 Å². The van der Waals surface area contributed by atoms with Gasteiger partial charge >= 0.3 is 0 Å². The van der Waals surface area contributed by atoms with Crippen molar-refractivity contribution in [3.05, 3.63) is 77.6 Å². The summed E-state index contributed by atoms with van der Waals surface area (Å²) in [7, 11) is 0. The standard InChI is InChI=1S/C24H27ClN2O/c1-3-14-24(2)15-13-21(17-9-11-19(25)12-10-17)27(23(24)28)22(18-7-8-18)20-6-4-5-16-26-20/h3-6,9-12,16,18,21-22H,1,7-8,13-15H2,2H3. The number of benzene rings is 1. The third-order valence-corrected chi connectivity index (χ3v) is 6.52. The number of nitrogens with zero attached hydrogens (tertiary/aromatic N) is 2. The van der Waals surface area contributed by atoms with Crippen molar-refractivity contribution in [2.45, 2.75) is 51.1 Å². The van der Waals surface area contributed by atoms with Crippen LogP contribution >= 0.6 is 11.6 Å². The summed E-state index contributed by atoms with van der Waals surface area (Å²) in [6.07, 6.45) is 8.52. The van der Waals surface area contributed by atoms with E-state index < -0.39 is 5.41 Å². The Kier molecular flexibility index (Phi) is 5.29. The molecule has 1 aliphatic carbocycles. The summed E-state index contributed by atoms with van der Waals surface area (Å²) < 4.78 is 0. The minimum atomic E-state index is -0.396. The third-order valence-electron chi connectivity index (χ3n) is 6.26. The molecule has 3 nitrogen and oxygen atoms in total. The van der Waals surface area contributed by atoms with Crippen molar-refractivity contribution in [1.29, 1.82) is 0 Å². The maximum atomic E-state index is 13.9. The van der Waals surface area contributed by atoms with Gasteiger partial charge in [-0.25, -0.2) is 0 Å². The zero-order chi connectivity index (χ0) is 19.7. The molecule has 0 radical (unpaired) electrons. The lowest BCUT2D eigenvalue weighted by molar-refractivity contribution is -0.154. The largest absolute Gasteiger partial charge is 0.326 e. The number of pyridine rings is 1. The minimum absolute atomic E-state index is 0.0267. The van der Waals surface area contributed by atoms with E-state index in [1.54, 1.807) is 0 Å². The number of carbonyl (C=O) groups excluding carboxylic acids is 1. The van der Waals surface area contributed by atoms with Gasteiger partial charge in [0.05, 0.1) is 23.2 Å². The van der Waals surface area contributed by atoms with Crippen molar-refractivity contribution < 1.29 is 4.79 Å². The van der Waals surface area contributed by atoms with Gasteiger partial charge in [-0.3, -0.25) is 9.78 Å². The Labute approximate surface area is 172 Å². The van der Waals surface area contributed by atoms with Crippen LogP contribution in [0.25, 0.3) is 0 Å². The lowest BCUT2D eigenvalue weighted by Crippen LogP contribution is -2.50. The molecule has 2 aromatic rings. The molecule has 2 fully saturated rings. The fourth-order valence-corrected chi connectivity index (χ4v) is 4.69. The molecule has 1 saturated heterocycles. The van der Waals surface area contributed by atoms with Gasteiger partial charge in [-0.15, -0.1) is 6.58 Å². The molecule has 4 rings (SSSR count). The van der Waals surface area contributed by atoms with Gasteiger partial charge in [0.15, 0.2) is 0 Å². The first kappa shape index (κ1) is 19.2. The molecule has 1 aromatic carbocycles. The van der Waals surface area contributed by atoms with Crippen molar-refractivity contribution in [2.75, 3.05) is 0 Å². The van der Waals surface area contributed by atoms with E-state index in [4.69, 9.17) is 11.6 Å². The number of carbonyl (C=O) groups is 1. The maximum absolute atomic E-state index is 13.9. The SMILES string of the molecule is C=CCC1(C)CCC(c2ccc(Cl)cc2)N(C(c2ccccn2)C2CC2)C1=O. The molecule has 1 saturated carbocycles. The third kappa shape index (κ3) is 3.60. The molecule has 1 aromatic heterocycles. The molecule has 4 heteroatoms. The van der Waals surface area contributed by atoms with Crippen LogP contribution < -0.4 is 0 Å². The van der Waals surface area contributed by atoms with Crippen molar-refractivity contribution in [1.82, 2.24) is 9.88 Å². The minimum Gasteiger partial charge on any atom is -0.326 e. The molecule has 0 N–H and O–H groups in total. The normalized spacial score (nSPS) is 26.1. The predicted octanol–water partition coefficient (Wildman–Crippen LogP) is 6.13. The van der Waals surface area contributed by atoms with E-state index in [1.807, 2.05) is 36.5 Å². The van der Waals surface area contributed by atoms with Crippen LogP contribution in [-0.4, -0.2) is 15.8 Å². The fourth-order valence-electron chi connectivity index (χ4n) is 4.57. The zero-order valence-electron chi connectivity index (χ0n) is 16.4. The predicted molar refractivity (Wildman–Crippen MR) is 113 cm³/mol. The molecule has 3 atom stereocenters.